The molecule has 0 heterocycles. The Kier molecular flexibility index (Phi) is 6.32. The van der Waals surface area contributed by atoms with Gasteiger partial charge in [-0.3, -0.25) is 4.79 Å². The van der Waals surface area contributed by atoms with E-state index in [1.165, 1.54) is 0 Å². The Morgan fingerprint density at radius 1 is 1.47 bits per heavy atom. The van der Waals surface area contributed by atoms with Crippen molar-refractivity contribution in [2.75, 3.05) is 19.6 Å². The summed E-state index contributed by atoms with van der Waals surface area (Å²) in [5, 5.41) is 10.4. The van der Waals surface area contributed by atoms with Crippen molar-refractivity contribution in [3.63, 3.8) is 0 Å². The average molecular weight is 224 g/mol. The van der Waals surface area contributed by atoms with E-state index < -0.39 is 31.5 Å². The molecule has 0 aromatic carbocycles. The number of carbonyl (C=O) groups is 2. The van der Waals surface area contributed by atoms with Gasteiger partial charge in [-0.05, 0) is 6.42 Å². The van der Waals surface area contributed by atoms with Crippen LogP contribution in [-0.2, 0) is 4.79 Å². The second-order valence-corrected chi connectivity index (χ2v) is 2.89. The van der Waals surface area contributed by atoms with Crippen LogP contribution in [0.15, 0.2) is 0 Å². The van der Waals surface area contributed by atoms with Crippen molar-refractivity contribution in [3.8, 4) is 0 Å². The topological polar surface area (TPSA) is 69.6 Å². The molecule has 0 bridgehead atoms. The van der Waals surface area contributed by atoms with Gasteiger partial charge in [-0.25, -0.2) is 13.6 Å². The Balaban J connectivity index is 4.09. The molecule has 0 spiro atoms. The highest BCUT2D eigenvalue weighted by Gasteiger charge is 2.16. The van der Waals surface area contributed by atoms with Gasteiger partial charge in [-0.2, -0.15) is 0 Å². The van der Waals surface area contributed by atoms with Gasteiger partial charge in [0.25, 0.3) is 6.43 Å². The summed E-state index contributed by atoms with van der Waals surface area (Å²) in [6.07, 6.45) is -2.07. The molecule has 5 nitrogen and oxygen atoms in total. The second-order valence-electron chi connectivity index (χ2n) is 2.89. The Hall–Kier alpha value is -1.40. The number of nitrogens with one attached hydrogen (secondary N) is 1. The van der Waals surface area contributed by atoms with E-state index in [1.807, 2.05) is 5.32 Å². The van der Waals surface area contributed by atoms with Crippen LogP contribution in [0.4, 0.5) is 13.6 Å². The van der Waals surface area contributed by atoms with Crippen LogP contribution < -0.4 is 5.32 Å². The number of halogens is 2. The summed E-state index contributed by atoms with van der Waals surface area (Å²) >= 11 is 0. The number of rotatable bonds is 6. The van der Waals surface area contributed by atoms with Gasteiger partial charge in [0.1, 0.15) is 6.54 Å². The first-order valence-electron chi connectivity index (χ1n) is 4.50. The Bertz CT molecular complexity index is 224. The Labute approximate surface area is 86.1 Å². The van der Waals surface area contributed by atoms with Crippen molar-refractivity contribution in [1.29, 1.82) is 0 Å². The van der Waals surface area contributed by atoms with E-state index in [0.29, 0.717) is 6.42 Å². The van der Waals surface area contributed by atoms with Gasteiger partial charge in [0.2, 0.25) is 0 Å². The van der Waals surface area contributed by atoms with E-state index in [1.54, 1.807) is 6.92 Å². The van der Waals surface area contributed by atoms with Gasteiger partial charge in [-0.1, -0.05) is 6.92 Å². The van der Waals surface area contributed by atoms with E-state index in [0.717, 1.165) is 4.90 Å². The molecule has 2 N–H and O–H groups in total. The molecule has 7 heteroatoms. The highest BCUT2D eigenvalue weighted by molar-refractivity contribution is 5.80. The summed E-state index contributed by atoms with van der Waals surface area (Å²) in [7, 11) is 0. The molecule has 0 fully saturated rings. The fraction of sp³-hybridized carbons (Fsp3) is 0.750. The Morgan fingerprint density at radius 2 is 2.07 bits per heavy atom. The number of alkyl halides is 2. The van der Waals surface area contributed by atoms with Crippen LogP contribution in [0, 0.1) is 0 Å². The van der Waals surface area contributed by atoms with Crippen molar-refractivity contribution in [1.82, 2.24) is 10.2 Å². The van der Waals surface area contributed by atoms with Crippen LogP contribution in [0.2, 0.25) is 0 Å². The normalized spacial score (nSPS) is 10.1. The summed E-state index contributed by atoms with van der Waals surface area (Å²) < 4.78 is 23.5. The lowest BCUT2D eigenvalue weighted by molar-refractivity contribution is -0.137. The average Bonchev–Trinajstić information content (AvgIpc) is 2.12. The first-order valence-corrected chi connectivity index (χ1v) is 4.50. The van der Waals surface area contributed by atoms with Gasteiger partial charge in [0.15, 0.2) is 0 Å². The number of aliphatic carboxylic acids is 1. The number of nitrogens with zero attached hydrogens (tertiary/aromatic N) is 1. The molecular formula is C8H14F2N2O3. The fourth-order valence-electron chi connectivity index (χ4n) is 0.962. The summed E-state index contributed by atoms with van der Waals surface area (Å²) in [6, 6.07) is -0.778. The maximum absolute atomic E-state index is 11.8. The van der Waals surface area contributed by atoms with E-state index in [-0.39, 0.29) is 6.54 Å². The minimum atomic E-state index is -2.64. The standard InChI is InChI=1S/C8H14F2N2O3/c1-2-3-12(5-7(13)14)8(15)11-4-6(9)10/h6H,2-5H2,1H3,(H,11,15)(H,13,14). The third kappa shape index (κ3) is 6.64. The second kappa shape index (κ2) is 6.97. The minimum Gasteiger partial charge on any atom is -0.480 e. The predicted molar refractivity (Wildman–Crippen MR) is 48.9 cm³/mol. The monoisotopic (exact) mass is 224 g/mol. The van der Waals surface area contributed by atoms with Crippen LogP contribution in [0.5, 0.6) is 0 Å². The van der Waals surface area contributed by atoms with Gasteiger partial charge < -0.3 is 15.3 Å². The van der Waals surface area contributed by atoms with Crippen molar-refractivity contribution in [3.05, 3.63) is 0 Å². The first kappa shape index (κ1) is 13.6. The Morgan fingerprint density at radius 3 is 2.47 bits per heavy atom. The lowest BCUT2D eigenvalue weighted by Crippen LogP contribution is -2.44. The molecule has 0 aromatic heterocycles. The van der Waals surface area contributed by atoms with E-state index in [4.69, 9.17) is 5.11 Å². The van der Waals surface area contributed by atoms with Crippen molar-refractivity contribution in [2.24, 2.45) is 0 Å². The lowest BCUT2D eigenvalue weighted by Gasteiger charge is -2.20. The molecule has 0 saturated heterocycles. The van der Waals surface area contributed by atoms with Gasteiger partial charge >= 0.3 is 12.0 Å². The number of hydrogen-bond donors (Lipinski definition) is 2. The molecule has 0 saturated carbocycles. The molecule has 2 amide bonds. The van der Waals surface area contributed by atoms with Crippen molar-refractivity contribution < 1.29 is 23.5 Å². The molecular weight excluding hydrogens is 210 g/mol. The number of carbonyl (C=O) groups excluding carboxylic acids is 1. The van der Waals surface area contributed by atoms with Crippen molar-refractivity contribution in [2.45, 2.75) is 19.8 Å². The smallest absolute Gasteiger partial charge is 0.323 e. The lowest BCUT2D eigenvalue weighted by atomic mass is 10.4. The van der Waals surface area contributed by atoms with Gasteiger partial charge in [-0.15, -0.1) is 0 Å². The maximum Gasteiger partial charge on any atom is 0.323 e. The van der Waals surface area contributed by atoms with Gasteiger partial charge in [0.05, 0.1) is 6.54 Å². The zero-order valence-corrected chi connectivity index (χ0v) is 8.37. The highest BCUT2D eigenvalue weighted by atomic mass is 19.3. The summed E-state index contributed by atoms with van der Waals surface area (Å²) in [6.45, 7) is 0.734. The fourth-order valence-corrected chi connectivity index (χ4v) is 0.962. The zero-order chi connectivity index (χ0) is 11.8. The minimum absolute atomic E-state index is 0.224. The number of urea groups is 1. The van der Waals surface area contributed by atoms with Crippen LogP contribution in [-0.4, -0.2) is 48.1 Å². The maximum atomic E-state index is 11.8. The molecule has 88 valence electrons. The van der Waals surface area contributed by atoms with E-state index in [9.17, 15) is 18.4 Å². The number of carboxylic acid groups (broad SMARTS) is 1. The van der Waals surface area contributed by atoms with Crippen LogP contribution >= 0.6 is 0 Å². The molecule has 0 unspecified atom stereocenters. The number of amides is 2. The predicted octanol–water partition coefficient (Wildman–Crippen LogP) is 0.758. The highest BCUT2D eigenvalue weighted by Crippen LogP contribution is 1.94. The van der Waals surface area contributed by atoms with Gasteiger partial charge in [0, 0.05) is 6.54 Å². The third-order valence-corrected chi connectivity index (χ3v) is 1.51. The SMILES string of the molecule is CCCN(CC(=O)O)C(=O)NCC(F)F. The molecule has 0 aliphatic heterocycles. The third-order valence-electron chi connectivity index (χ3n) is 1.51. The molecule has 0 aromatic rings. The quantitative estimate of drug-likeness (QED) is 0.699. The molecule has 15 heavy (non-hydrogen) atoms. The van der Waals surface area contributed by atoms with Crippen LogP contribution in [0.1, 0.15) is 13.3 Å². The summed E-state index contributed by atoms with van der Waals surface area (Å²) in [5.74, 6) is -1.17. The zero-order valence-electron chi connectivity index (χ0n) is 8.37. The molecule has 0 aliphatic carbocycles. The summed E-state index contributed by atoms with van der Waals surface area (Å²) in [5.41, 5.74) is 0. The van der Waals surface area contributed by atoms with E-state index >= 15 is 0 Å². The first-order chi connectivity index (χ1) is 6.97. The van der Waals surface area contributed by atoms with Crippen LogP contribution in [0.25, 0.3) is 0 Å². The number of hydrogen-bond acceptors (Lipinski definition) is 2. The number of carboxylic acids is 1. The van der Waals surface area contributed by atoms with Crippen molar-refractivity contribution >= 4 is 12.0 Å². The molecule has 0 rings (SSSR count). The molecule has 0 aliphatic rings. The molecule has 0 atom stereocenters. The molecule has 0 radical (unpaired) electrons. The van der Waals surface area contributed by atoms with Crippen LogP contribution in [0.3, 0.4) is 0 Å². The largest absolute Gasteiger partial charge is 0.480 e. The van der Waals surface area contributed by atoms with E-state index in [2.05, 4.69) is 0 Å². The summed E-state index contributed by atoms with van der Waals surface area (Å²) in [4.78, 5) is 22.5.